The molecule has 0 N–H and O–H groups in total. The van der Waals surface area contributed by atoms with E-state index in [-0.39, 0.29) is 102 Å². The summed E-state index contributed by atoms with van der Waals surface area (Å²) in [6, 6.07) is 22.7. The Labute approximate surface area is 516 Å². The molecule has 0 bridgehead atoms. The summed E-state index contributed by atoms with van der Waals surface area (Å²) in [5.41, 5.74) is -19.3. The van der Waals surface area contributed by atoms with E-state index in [0.717, 1.165) is 75.9 Å². The maximum absolute atomic E-state index is 16.1. The van der Waals surface area contributed by atoms with Crippen molar-refractivity contribution in [1.29, 1.82) is 5.26 Å². The second-order valence-corrected chi connectivity index (χ2v) is 22.1. The summed E-state index contributed by atoms with van der Waals surface area (Å²) in [4.78, 5) is 0. The van der Waals surface area contributed by atoms with E-state index in [1.807, 2.05) is 6.07 Å². The molecule has 486 valence electrons. The predicted octanol–water partition coefficient (Wildman–Crippen LogP) is 23.8. The molecule has 12 rings (SSSR count). The van der Waals surface area contributed by atoms with E-state index in [1.165, 1.54) is 42.5 Å². The van der Waals surface area contributed by atoms with Crippen molar-refractivity contribution in [2.45, 2.75) is 55.8 Å². The number of fused-ring (bicyclic) bond motifs is 6. The summed E-state index contributed by atoms with van der Waals surface area (Å²) in [6.07, 6.45) is -41.4. The molecule has 27 heteroatoms. The molecular weight excluding hydrogens is 1310 g/mol. The maximum atomic E-state index is 16.1. The Hall–Kier alpha value is -10.1. The van der Waals surface area contributed by atoms with Gasteiger partial charge in [0.1, 0.15) is 0 Å². The lowest BCUT2D eigenvalue weighted by molar-refractivity contribution is -0.144. The number of nitriles is 1. The molecule has 0 radical (unpaired) electrons. The first-order valence-electron chi connectivity index (χ1n) is 27.4. The number of alkyl halides is 24. The molecule has 0 spiro atoms. The summed E-state index contributed by atoms with van der Waals surface area (Å²) in [7, 11) is 0. The van der Waals surface area contributed by atoms with Gasteiger partial charge in [0.15, 0.2) is 0 Å². The highest BCUT2D eigenvalue weighted by molar-refractivity contribution is 6.14. The van der Waals surface area contributed by atoms with E-state index in [1.54, 1.807) is 0 Å². The third-order valence-electron chi connectivity index (χ3n) is 16.0. The van der Waals surface area contributed by atoms with Crippen LogP contribution >= 0.6 is 0 Å². The molecule has 95 heavy (non-hydrogen) atoms. The van der Waals surface area contributed by atoms with Gasteiger partial charge in [-0.15, -0.1) is 0 Å². The summed E-state index contributed by atoms with van der Waals surface area (Å²) >= 11 is 0. The van der Waals surface area contributed by atoms with Gasteiger partial charge in [-0.25, -0.2) is 0 Å². The van der Waals surface area contributed by atoms with Crippen molar-refractivity contribution >= 4 is 49.2 Å². The van der Waals surface area contributed by atoms with Gasteiger partial charge in [-0.05, 0) is 190 Å². The van der Waals surface area contributed by atoms with Crippen LogP contribution in [0.1, 0.15) is 56.5 Å². The molecule has 0 saturated carbocycles. The fourth-order valence-electron chi connectivity index (χ4n) is 11.8. The summed E-state index contributed by atoms with van der Waals surface area (Å²) < 4.78 is 351. The van der Waals surface area contributed by atoms with Crippen LogP contribution in [0.5, 0.6) is 0 Å². The van der Waals surface area contributed by atoms with Gasteiger partial charge in [-0.3, -0.25) is 0 Å². The van der Waals surface area contributed by atoms with Crippen LogP contribution < -0.4 is 0 Å². The summed E-state index contributed by atoms with van der Waals surface area (Å²) in [6.45, 7) is 0. The molecule has 1 aliphatic rings. The molecule has 9 aromatic carbocycles. The van der Waals surface area contributed by atoms with Gasteiger partial charge in [0, 0.05) is 27.1 Å². The van der Waals surface area contributed by atoms with Crippen molar-refractivity contribution in [2.24, 2.45) is 0 Å². The lowest BCUT2D eigenvalue weighted by Crippen LogP contribution is -2.11. The van der Waals surface area contributed by atoms with Gasteiger partial charge < -0.3 is 9.13 Å². The normalized spacial score (nSPS) is 14.0. The Morgan fingerprint density at radius 3 is 0.895 bits per heavy atom. The first-order chi connectivity index (χ1) is 44.0. The van der Waals surface area contributed by atoms with Crippen LogP contribution in [0.4, 0.5) is 105 Å². The van der Waals surface area contributed by atoms with Crippen molar-refractivity contribution in [3.05, 3.63) is 232 Å². The van der Waals surface area contributed by atoms with Crippen LogP contribution in [0.15, 0.2) is 182 Å². The highest BCUT2D eigenvalue weighted by Gasteiger charge is 2.42. The van der Waals surface area contributed by atoms with E-state index in [4.69, 9.17) is 0 Å². The SMILES string of the molecule is N#Cc1cccc(-c2c(-n3c4ccc(C5=CC(C(F)(F)F)=CC5)cc4c4cc(-c5cc(C(F)(F)F)cc(C(F)(F)F)c5)ccc43)cc(C(F)(F)F)cc2-n2c3ccc(-c4cc(C(F)(F)F)cc(C(F)(F)F)c4)cc3c3cc(-c4cc(C(F)(F)F)cc(C(F)(F)F)c4)ccc32)c1. The molecule has 0 atom stereocenters. The van der Waals surface area contributed by atoms with Gasteiger partial charge in [-0.1, -0.05) is 42.5 Å². The maximum Gasteiger partial charge on any atom is 0.416 e. The first kappa shape index (κ1) is 65.0. The Morgan fingerprint density at radius 2 is 0.600 bits per heavy atom. The number of aromatic nitrogens is 2. The summed E-state index contributed by atoms with van der Waals surface area (Å²) in [5, 5.41) is 9.43. The third kappa shape index (κ3) is 12.2. The topological polar surface area (TPSA) is 33.6 Å². The molecule has 0 saturated heterocycles. The average Bonchev–Trinajstić information content (AvgIpc) is 1.58. The van der Waals surface area contributed by atoms with E-state index in [2.05, 4.69) is 0 Å². The van der Waals surface area contributed by atoms with Crippen LogP contribution in [-0.4, -0.2) is 15.3 Å². The van der Waals surface area contributed by atoms with Crippen LogP contribution in [0.2, 0.25) is 0 Å². The zero-order valence-electron chi connectivity index (χ0n) is 46.9. The number of rotatable bonds is 7. The molecular formula is C68H31F24N3. The molecule has 1 aliphatic carbocycles. The second-order valence-electron chi connectivity index (χ2n) is 22.1. The molecule has 2 heterocycles. The molecule has 3 nitrogen and oxygen atoms in total. The van der Waals surface area contributed by atoms with E-state index < -0.39 is 133 Å². The number of nitrogens with zero attached hydrogens (tertiary/aromatic N) is 3. The van der Waals surface area contributed by atoms with E-state index >= 15 is 13.2 Å². The van der Waals surface area contributed by atoms with Crippen LogP contribution in [0.25, 0.3) is 105 Å². The number of allylic oxidation sites excluding steroid dienone is 4. The van der Waals surface area contributed by atoms with E-state index in [9.17, 15) is 97.5 Å². The first-order valence-corrected chi connectivity index (χ1v) is 27.4. The highest BCUT2D eigenvalue weighted by Crippen LogP contribution is 2.50. The molecule has 0 unspecified atom stereocenters. The highest BCUT2D eigenvalue weighted by atomic mass is 19.4. The lowest BCUT2D eigenvalue weighted by Gasteiger charge is -2.23. The zero-order chi connectivity index (χ0) is 68.8. The largest absolute Gasteiger partial charge is 0.416 e. The molecule has 2 aromatic heterocycles. The Kier molecular flexibility index (Phi) is 15.0. The van der Waals surface area contributed by atoms with Gasteiger partial charge in [-0.2, -0.15) is 111 Å². The Bertz CT molecular complexity index is 4870. The van der Waals surface area contributed by atoms with Crippen molar-refractivity contribution in [2.75, 3.05) is 0 Å². The standard InChI is InChI=1S/C68H31F24N3/c69-61(70,71)42-9-4-33(15-42)34-5-10-54-50(22-34)51-23-35(39-16-43(62(72,73)74)26-44(17-39)63(75,76)77)6-11-55(51)94(54)58-29-49(68(90,91)92)30-59(60(58)38-3-1-2-32(14-38)31-93)95-56-12-7-36(40-18-45(64(78,79)80)27-46(19-40)65(81,82)83)24-52(56)53-25-37(8-13-57(53)95)41-20-47(66(84,85)86)28-48(21-41)67(87,88)89/h1-3,5-30H,4H2. The number of hydrogen-bond donors (Lipinski definition) is 0. The van der Waals surface area contributed by atoms with E-state index in [0.29, 0.717) is 48.5 Å². The average molecular weight is 1350 g/mol. The number of benzene rings is 9. The number of hydrogen-bond acceptors (Lipinski definition) is 1. The molecule has 11 aromatic rings. The molecule has 0 aliphatic heterocycles. The smallest absolute Gasteiger partial charge is 0.309 e. The minimum atomic E-state index is -5.42. The quantitative estimate of drug-likeness (QED) is 0.146. The molecule has 0 amide bonds. The van der Waals surface area contributed by atoms with Gasteiger partial charge in [0.25, 0.3) is 0 Å². The van der Waals surface area contributed by atoms with Gasteiger partial charge in [0.2, 0.25) is 0 Å². The van der Waals surface area contributed by atoms with Gasteiger partial charge >= 0.3 is 49.4 Å². The van der Waals surface area contributed by atoms with Crippen LogP contribution in [-0.2, 0) is 43.2 Å². The van der Waals surface area contributed by atoms with Crippen LogP contribution in [0, 0.1) is 11.3 Å². The van der Waals surface area contributed by atoms with Crippen molar-refractivity contribution in [1.82, 2.24) is 9.13 Å². The second kappa shape index (κ2) is 22.0. The van der Waals surface area contributed by atoms with Crippen LogP contribution in [0.3, 0.4) is 0 Å². The minimum absolute atomic E-state index is 0.0275. The zero-order valence-corrected chi connectivity index (χ0v) is 46.9. The Morgan fingerprint density at radius 1 is 0.295 bits per heavy atom. The fourth-order valence-corrected chi connectivity index (χ4v) is 11.8. The third-order valence-corrected chi connectivity index (χ3v) is 16.0. The van der Waals surface area contributed by atoms with Crippen molar-refractivity contribution in [3.8, 4) is 62.0 Å². The lowest BCUT2D eigenvalue weighted by atomic mass is 9.96. The predicted molar refractivity (Wildman–Crippen MR) is 303 cm³/mol. The van der Waals surface area contributed by atoms with Crippen molar-refractivity contribution in [3.63, 3.8) is 0 Å². The Balaban J connectivity index is 1.22. The number of halogens is 24. The summed E-state index contributed by atoms with van der Waals surface area (Å²) in [5.74, 6) is 0. The fraction of sp³-hybridized carbons (Fsp3) is 0.132. The monoisotopic (exact) mass is 1350 g/mol. The molecule has 0 fully saturated rings. The minimum Gasteiger partial charge on any atom is -0.309 e. The van der Waals surface area contributed by atoms with Crippen molar-refractivity contribution < 1.29 is 105 Å². The van der Waals surface area contributed by atoms with Gasteiger partial charge in [0.05, 0.1) is 89.6 Å².